The van der Waals surface area contributed by atoms with Crippen LogP contribution in [0.1, 0.15) is 18.5 Å². The SMILES string of the molecule is O=c1c2ccccc2nc(NCc2ccccn2)n1CC1CCCO1. The van der Waals surface area contributed by atoms with Crippen LogP contribution in [0.3, 0.4) is 0 Å². The molecule has 0 radical (unpaired) electrons. The van der Waals surface area contributed by atoms with Gasteiger partial charge in [-0.2, -0.15) is 0 Å². The van der Waals surface area contributed by atoms with E-state index in [0.717, 1.165) is 25.1 Å². The van der Waals surface area contributed by atoms with Crippen LogP contribution in [0.4, 0.5) is 5.95 Å². The van der Waals surface area contributed by atoms with Crippen molar-refractivity contribution < 1.29 is 4.74 Å². The molecular weight excluding hydrogens is 316 g/mol. The third-order valence-electron chi connectivity index (χ3n) is 4.43. The smallest absolute Gasteiger partial charge is 0.262 e. The van der Waals surface area contributed by atoms with Crippen LogP contribution in [0.5, 0.6) is 0 Å². The number of rotatable bonds is 5. The lowest BCUT2D eigenvalue weighted by molar-refractivity contribution is 0.0965. The van der Waals surface area contributed by atoms with Crippen LogP contribution in [0, 0.1) is 0 Å². The lowest BCUT2D eigenvalue weighted by atomic mass is 10.2. The van der Waals surface area contributed by atoms with Crippen LogP contribution in [0.25, 0.3) is 10.9 Å². The molecule has 0 amide bonds. The third-order valence-corrected chi connectivity index (χ3v) is 4.43. The summed E-state index contributed by atoms with van der Waals surface area (Å²) in [4.78, 5) is 21.9. The first-order valence-corrected chi connectivity index (χ1v) is 8.56. The van der Waals surface area contributed by atoms with Gasteiger partial charge in [-0.15, -0.1) is 0 Å². The molecule has 4 rings (SSSR count). The average molecular weight is 336 g/mol. The molecule has 0 saturated carbocycles. The van der Waals surface area contributed by atoms with Crippen LogP contribution in [-0.2, 0) is 17.8 Å². The minimum atomic E-state index is -0.0374. The molecule has 1 aromatic carbocycles. The van der Waals surface area contributed by atoms with Crippen molar-refractivity contribution in [1.29, 1.82) is 0 Å². The largest absolute Gasteiger partial charge is 0.376 e. The van der Waals surface area contributed by atoms with Gasteiger partial charge in [0.05, 0.1) is 35.8 Å². The summed E-state index contributed by atoms with van der Waals surface area (Å²) in [5.74, 6) is 0.560. The van der Waals surface area contributed by atoms with Crippen molar-refractivity contribution in [2.24, 2.45) is 0 Å². The number of fused-ring (bicyclic) bond motifs is 1. The summed E-state index contributed by atoms with van der Waals surface area (Å²) in [6.07, 6.45) is 3.83. The monoisotopic (exact) mass is 336 g/mol. The summed E-state index contributed by atoms with van der Waals surface area (Å²) < 4.78 is 7.41. The van der Waals surface area contributed by atoms with Crippen molar-refractivity contribution in [3.05, 3.63) is 64.7 Å². The maximum absolute atomic E-state index is 13.0. The number of ether oxygens (including phenoxy) is 1. The number of pyridine rings is 1. The van der Waals surface area contributed by atoms with Gasteiger partial charge < -0.3 is 10.1 Å². The number of benzene rings is 1. The zero-order chi connectivity index (χ0) is 17.1. The quantitative estimate of drug-likeness (QED) is 0.775. The van der Waals surface area contributed by atoms with E-state index in [2.05, 4.69) is 15.3 Å². The number of anilines is 1. The second-order valence-electron chi connectivity index (χ2n) is 6.18. The molecule has 1 aliphatic rings. The van der Waals surface area contributed by atoms with Crippen molar-refractivity contribution in [2.75, 3.05) is 11.9 Å². The second-order valence-corrected chi connectivity index (χ2v) is 6.18. The Balaban J connectivity index is 1.70. The number of hydrogen-bond acceptors (Lipinski definition) is 5. The van der Waals surface area contributed by atoms with Gasteiger partial charge in [0, 0.05) is 12.8 Å². The summed E-state index contributed by atoms with van der Waals surface area (Å²) in [5, 5.41) is 3.90. The zero-order valence-corrected chi connectivity index (χ0v) is 13.9. The van der Waals surface area contributed by atoms with E-state index in [1.54, 1.807) is 10.8 Å². The van der Waals surface area contributed by atoms with Gasteiger partial charge in [-0.25, -0.2) is 4.98 Å². The molecule has 0 aliphatic carbocycles. The standard InChI is InChI=1S/C19H20N4O2/c24-18-16-8-1-2-9-17(16)22-19(21-12-14-6-3-4-10-20-14)23(18)13-15-7-5-11-25-15/h1-4,6,8-10,15H,5,7,11-13H2,(H,21,22). The minimum Gasteiger partial charge on any atom is -0.376 e. The van der Waals surface area contributed by atoms with E-state index in [0.29, 0.717) is 29.9 Å². The molecule has 3 aromatic rings. The topological polar surface area (TPSA) is 69.0 Å². The van der Waals surface area contributed by atoms with E-state index < -0.39 is 0 Å². The van der Waals surface area contributed by atoms with Gasteiger partial charge in [0.1, 0.15) is 0 Å². The van der Waals surface area contributed by atoms with E-state index in [1.807, 2.05) is 42.5 Å². The third kappa shape index (κ3) is 3.39. The predicted molar refractivity (Wildman–Crippen MR) is 96.5 cm³/mol. The maximum atomic E-state index is 13.0. The first-order valence-electron chi connectivity index (χ1n) is 8.56. The molecule has 1 aliphatic heterocycles. The Kier molecular flexibility index (Phi) is 4.43. The van der Waals surface area contributed by atoms with Crippen LogP contribution in [-0.4, -0.2) is 27.2 Å². The van der Waals surface area contributed by atoms with Crippen LogP contribution in [0.15, 0.2) is 53.5 Å². The van der Waals surface area contributed by atoms with Crippen molar-refractivity contribution >= 4 is 16.9 Å². The van der Waals surface area contributed by atoms with Gasteiger partial charge in [-0.05, 0) is 37.1 Å². The molecule has 3 heterocycles. The minimum absolute atomic E-state index is 0.0374. The zero-order valence-electron chi connectivity index (χ0n) is 13.9. The number of nitrogens with one attached hydrogen (secondary N) is 1. The normalized spacial score (nSPS) is 17.0. The molecule has 128 valence electrons. The van der Waals surface area contributed by atoms with E-state index in [9.17, 15) is 4.79 Å². The summed E-state index contributed by atoms with van der Waals surface area (Å²) in [6.45, 7) is 1.79. The first-order chi connectivity index (χ1) is 12.3. The highest BCUT2D eigenvalue weighted by atomic mass is 16.5. The highest BCUT2D eigenvalue weighted by Crippen LogP contribution is 2.17. The molecule has 1 saturated heterocycles. The van der Waals surface area contributed by atoms with Crippen molar-refractivity contribution in [2.45, 2.75) is 32.0 Å². The van der Waals surface area contributed by atoms with E-state index in [4.69, 9.17) is 4.74 Å². The highest BCUT2D eigenvalue weighted by molar-refractivity contribution is 5.78. The van der Waals surface area contributed by atoms with Gasteiger partial charge >= 0.3 is 0 Å². The Morgan fingerprint density at radius 3 is 2.88 bits per heavy atom. The number of nitrogens with zero attached hydrogens (tertiary/aromatic N) is 3. The van der Waals surface area contributed by atoms with Crippen molar-refractivity contribution in [3.63, 3.8) is 0 Å². The number of para-hydroxylation sites is 1. The van der Waals surface area contributed by atoms with Gasteiger partial charge in [-0.3, -0.25) is 14.3 Å². The molecule has 1 fully saturated rings. The number of hydrogen-bond donors (Lipinski definition) is 1. The van der Waals surface area contributed by atoms with Gasteiger partial charge in [0.15, 0.2) is 0 Å². The maximum Gasteiger partial charge on any atom is 0.262 e. The molecule has 25 heavy (non-hydrogen) atoms. The molecule has 6 heteroatoms. The second kappa shape index (κ2) is 7.03. The molecule has 1 N–H and O–H groups in total. The van der Waals surface area contributed by atoms with Crippen LogP contribution >= 0.6 is 0 Å². The van der Waals surface area contributed by atoms with Crippen molar-refractivity contribution in [3.8, 4) is 0 Å². The Morgan fingerprint density at radius 1 is 1.20 bits per heavy atom. The Labute approximate surface area is 145 Å². The summed E-state index contributed by atoms with van der Waals surface area (Å²) in [6, 6.07) is 13.2. The Morgan fingerprint density at radius 2 is 2.08 bits per heavy atom. The molecule has 0 bridgehead atoms. The fourth-order valence-electron chi connectivity index (χ4n) is 3.14. The summed E-state index contributed by atoms with van der Waals surface area (Å²) >= 11 is 0. The van der Waals surface area contributed by atoms with Gasteiger partial charge in [0.2, 0.25) is 5.95 Å². The van der Waals surface area contributed by atoms with E-state index >= 15 is 0 Å². The Bertz CT molecular complexity index is 918. The molecular formula is C19H20N4O2. The average Bonchev–Trinajstić information content (AvgIpc) is 3.17. The summed E-state index contributed by atoms with van der Waals surface area (Å²) in [7, 11) is 0. The highest BCUT2D eigenvalue weighted by Gasteiger charge is 2.19. The molecule has 6 nitrogen and oxygen atoms in total. The fourth-order valence-corrected chi connectivity index (χ4v) is 3.14. The van der Waals surface area contributed by atoms with Crippen LogP contribution < -0.4 is 10.9 Å². The molecule has 1 unspecified atom stereocenters. The van der Waals surface area contributed by atoms with Gasteiger partial charge in [0.25, 0.3) is 5.56 Å². The lowest BCUT2D eigenvalue weighted by Crippen LogP contribution is -2.30. The molecule has 1 atom stereocenters. The van der Waals surface area contributed by atoms with Crippen molar-refractivity contribution in [1.82, 2.24) is 14.5 Å². The summed E-state index contributed by atoms with van der Waals surface area (Å²) in [5.41, 5.74) is 1.55. The Hall–Kier alpha value is -2.73. The lowest BCUT2D eigenvalue weighted by Gasteiger charge is -2.17. The number of aromatic nitrogens is 3. The van der Waals surface area contributed by atoms with E-state index in [-0.39, 0.29) is 11.7 Å². The molecule has 0 spiro atoms. The fraction of sp³-hybridized carbons (Fsp3) is 0.316. The van der Waals surface area contributed by atoms with Crippen LogP contribution in [0.2, 0.25) is 0 Å². The van der Waals surface area contributed by atoms with Gasteiger partial charge in [-0.1, -0.05) is 18.2 Å². The molecule has 2 aromatic heterocycles. The van der Waals surface area contributed by atoms with E-state index in [1.165, 1.54) is 0 Å². The predicted octanol–water partition coefficient (Wildman–Crippen LogP) is 2.58. The first kappa shape index (κ1) is 15.8.